The van der Waals surface area contributed by atoms with Gasteiger partial charge in [-0.1, -0.05) is 19.4 Å². The molecule has 1 fully saturated rings. The second kappa shape index (κ2) is 12.4. The molecule has 3 rings (SSSR count). The fraction of sp³-hybridized carbons (Fsp3) is 0.444. The van der Waals surface area contributed by atoms with Gasteiger partial charge in [-0.2, -0.15) is 0 Å². The molecule has 1 atom stereocenters. The lowest BCUT2D eigenvalue weighted by molar-refractivity contribution is -0.139. The number of carbonyl (C=O) groups excluding carboxylic acids is 2. The van der Waals surface area contributed by atoms with Crippen LogP contribution in [0.15, 0.2) is 48.3 Å². The van der Waals surface area contributed by atoms with Crippen molar-refractivity contribution in [3.05, 3.63) is 59.4 Å². The predicted octanol–water partition coefficient (Wildman–Crippen LogP) is 4.03. The summed E-state index contributed by atoms with van der Waals surface area (Å²) < 4.78 is 11.7. The highest BCUT2D eigenvalue weighted by molar-refractivity contribution is 6.46. The minimum absolute atomic E-state index is 0.0631. The molecule has 1 unspecified atom stereocenters. The Labute approximate surface area is 207 Å². The Balaban J connectivity index is 2.08. The normalized spacial score (nSPS) is 17.3. The molecule has 0 saturated carbocycles. The monoisotopic (exact) mass is 481 g/mol. The number of carbonyl (C=O) groups is 2. The molecular weight excluding hydrogens is 446 g/mol. The fourth-order valence-corrected chi connectivity index (χ4v) is 4.09. The number of aromatic nitrogens is 1. The number of aliphatic hydroxyl groups is 1. The number of aliphatic hydroxyl groups excluding tert-OH is 1. The minimum Gasteiger partial charge on any atom is -0.507 e. The Hall–Kier alpha value is -3.39. The molecule has 1 amide bonds. The third-order valence-electron chi connectivity index (χ3n) is 5.84. The Morgan fingerprint density at radius 2 is 1.80 bits per heavy atom. The van der Waals surface area contributed by atoms with Crippen molar-refractivity contribution in [2.24, 2.45) is 0 Å². The quantitative estimate of drug-likeness (QED) is 0.212. The molecule has 1 aromatic heterocycles. The van der Waals surface area contributed by atoms with Gasteiger partial charge in [0.05, 0.1) is 24.8 Å². The van der Waals surface area contributed by atoms with Gasteiger partial charge < -0.3 is 24.4 Å². The second-order valence-corrected chi connectivity index (χ2v) is 8.73. The molecule has 1 saturated heterocycles. The predicted molar refractivity (Wildman–Crippen MR) is 134 cm³/mol. The average Bonchev–Trinajstić information content (AvgIpc) is 3.10. The van der Waals surface area contributed by atoms with E-state index >= 15 is 0 Å². The Kier molecular flexibility index (Phi) is 9.25. The topological polar surface area (TPSA) is 92.2 Å². The van der Waals surface area contributed by atoms with Gasteiger partial charge in [0, 0.05) is 24.5 Å². The molecular formula is C27H35N3O5. The van der Waals surface area contributed by atoms with E-state index in [1.54, 1.807) is 23.1 Å². The molecule has 0 spiro atoms. The van der Waals surface area contributed by atoms with Crippen LogP contribution < -0.4 is 9.47 Å². The zero-order valence-electron chi connectivity index (χ0n) is 21.0. The van der Waals surface area contributed by atoms with Crippen LogP contribution in [0.3, 0.4) is 0 Å². The smallest absolute Gasteiger partial charge is 0.295 e. The van der Waals surface area contributed by atoms with Gasteiger partial charge in [0.2, 0.25) is 0 Å². The van der Waals surface area contributed by atoms with Crippen molar-refractivity contribution in [3.63, 3.8) is 0 Å². The van der Waals surface area contributed by atoms with Crippen LogP contribution in [0.1, 0.15) is 50.3 Å². The lowest BCUT2D eigenvalue weighted by atomic mass is 9.95. The molecule has 1 N–H and O–H groups in total. The third kappa shape index (κ3) is 6.19. The molecule has 2 heterocycles. The highest BCUT2D eigenvalue weighted by Crippen LogP contribution is 2.42. The Bertz CT molecular complexity index is 1050. The lowest BCUT2D eigenvalue weighted by Crippen LogP contribution is -2.32. The Morgan fingerprint density at radius 1 is 1.06 bits per heavy atom. The second-order valence-electron chi connectivity index (χ2n) is 8.73. The summed E-state index contributed by atoms with van der Waals surface area (Å²) in [6.45, 7) is 6.12. The van der Waals surface area contributed by atoms with Crippen molar-refractivity contribution in [2.45, 2.75) is 39.2 Å². The van der Waals surface area contributed by atoms with E-state index in [1.807, 2.05) is 38.1 Å². The number of benzene rings is 1. The van der Waals surface area contributed by atoms with Crippen molar-refractivity contribution in [1.29, 1.82) is 0 Å². The van der Waals surface area contributed by atoms with E-state index in [2.05, 4.69) is 11.9 Å². The zero-order valence-corrected chi connectivity index (χ0v) is 21.0. The molecule has 1 aromatic carbocycles. The molecule has 35 heavy (non-hydrogen) atoms. The number of nitrogens with zero attached hydrogens (tertiary/aromatic N) is 3. The first-order chi connectivity index (χ1) is 16.9. The van der Waals surface area contributed by atoms with Crippen molar-refractivity contribution in [1.82, 2.24) is 14.8 Å². The van der Waals surface area contributed by atoms with Crippen LogP contribution in [0.4, 0.5) is 0 Å². The molecule has 0 radical (unpaired) electrons. The van der Waals surface area contributed by atoms with Gasteiger partial charge in [-0.05, 0) is 70.2 Å². The minimum atomic E-state index is -0.741. The number of hydrogen-bond acceptors (Lipinski definition) is 7. The van der Waals surface area contributed by atoms with Gasteiger partial charge in [0.1, 0.15) is 5.76 Å². The summed E-state index contributed by atoms with van der Waals surface area (Å²) in [7, 11) is 3.92. The number of ketones is 1. The van der Waals surface area contributed by atoms with Gasteiger partial charge in [0.25, 0.3) is 11.7 Å². The lowest BCUT2D eigenvalue weighted by Gasteiger charge is -2.26. The molecule has 0 aliphatic carbocycles. The highest BCUT2D eigenvalue weighted by Gasteiger charge is 2.46. The number of pyridine rings is 1. The largest absolute Gasteiger partial charge is 0.507 e. The van der Waals surface area contributed by atoms with Crippen LogP contribution in [0, 0.1) is 0 Å². The SMILES string of the molecule is CCCCOc1ccc(C2C(=C(O)c3ccncc3)C(=O)C(=O)N2CCCN(C)C)cc1OCC. The van der Waals surface area contributed by atoms with Gasteiger partial charge in [-0.25, -0.2) is 0 Å². The first-order valence-corrected chi connectivity index (χ1v) is 12.1. The highest BCUT2D eigenvalue weighted by atomic mass is 16.5. The van der Waals surface area contributed by atoms with E-state index in [0.29, 0.717) is 48.8 Å². The number of likely N-dealkylation sites (tertiary alicyclic amines) is 1. The van der Waals surface area contributed by atoms with Gasteiger partial charge in [-0.15, -0.1) is 0 Å². The fourth-order valence-electron chi connectivity index (χ4n) is 4.09. The van der Waals surface area contributed by atoms with E-state index in [4.69, 9.17) is 9.47 Å². The molecule has 0 bridgehead atoms. The van der Waals surface area contributed by atoms with E-state index < -0.39 is 17.7 Å². The van der Waals surface area contributed by atoms with Gasteiger partial charge >= 0.3 is 0 Å². The summed E-state index contributed by atoms with van der Waals surface area (Å²) in [5.41, 5.74) is 1.17. The van der Waals surface area contributed by atoms with Crippen molar-refractivity contribution in [2.75, 3.05) is 40.4 Å². The summed E-state index contributed by atoms with van der Waals surface area (Å²) in [6.07, 6.45) is 5.69. The van der Waals surface area contributed by atoms with Crippen molar-refractivity contribution in [3.8, 4) is 11.5 Å². The summed E-state index contributed by atoms with van der Waals surface area (Å²) in [5, 5.41) is 11.1. The molecule has 1 aliphatic rings. The maximum Gasteiger partial charge on any atom is 0.295 e. The number of amides is 1. The van der Waals surface area contributed by atoms with E-state index in [-0.39, 0.29) is 11.3 Å². The molecule has 2 aromatic rings. The van der Waals surface area contributed by atoms with Crippen LogP contribution in [0.25, 0.3) is 5.76 Å². The number of unbranched alkanes of at least 4 members (excludes halogenated alkanes) is 1. The number of hydrogen-bond donors (Lipinski definition) is 1. The number of ether oxygens (including phenoxy) is 2. The summed E-state index contributed by atoms with van der Waals surface area (Å²) >= 11 is 0. The summed E-state index contributed by atoms with van der Waals surface area (Å²) in [6, 6.07) is 7.93. The van der Waals surface area contributed by atoms with Crippen LogP contribution in [0.2, 0.25) is 0 Å². The maximum atomic E-state index is 13.2. The van der Waals surface area contributed by atoms with Crippen LogP contribution in [-0.4, -0.2) is 72.0 Å². The third-order valence-corrected chi connectivity index (χ3v) is 5.84. The summed E-state index contributed by atoms with van der Waals surface area (Å²) in [5.74, 6) is -0.375. The Morgan fingerprint density at radius 3 is 2.46 bits per heavy atom. The van der Waals surface area contributed by atoms with Crippen molar-refractivity contribution >= 4 is 17.4 Å². The van der Waals surface area contributed by atoms with Crippen LogP contribution in [-0.2, 0) is 9.59 Å². The van der Waals surface area contributed by atoms with Gasteiger partial charge in [0.15, 0.2) is 11.5 Å². The standard InChI is InChI=1S/C27H35N3O5/c1-5-7-17-35-21-10-9-20(18-22(21)34-6-2)24-23(25(31)19-11-13-28-14-12-19)26(32)27(33)30(24)16-8-15-29(3)4/h9-14,18,24,31H,5-8,15-17H2,1-4H3. The van der Waals surface area contributed by atoms with Crippen LogP contribution in [0.5, 0.6) is 11.5 Å². The van der Waals surface area contributed by atoms with E-state index in [1.165, 1.54) is 12.4 Å². The average molecular weight is 482 g/mol. The van der Waals surface area contributed by atoms with E-state index in [0.717, 1.165) is 19.4 Å². The van der Waals surface area contributed by atoms with E-state index in [9.17, 15) is 14.7 Å². The first-order valence-electron chi connectivity index (χ1n) is 12.1. The number of rotatable bonds is 12. The molecule has 1 aliphatic heterocycles. The first kappa shape index (κ1) is 26.2. The van der Waals surface area contributed by atoms with Crippen molar-refractivity contribution < 1.29 is 24.2 Å². The molecule has 8 nitrogen and oxygen atoms in total. The zero-order chi connectivity index (χ0) is 25.4. The summed E-state index contributed by atoms with van der Waals surface area (Å²) in [4.78, 5) is 33.8. The maximum absolute atomic E-state index is 13.2. The molecule has 8 heteroatoms. The number of Topliss-reactive ketones (excluding diaryl/α,β-unsaturated/α-hetero) is 1. The van der Waals surface area contributed by atoms with Crippen LogP contribution >= 0.6 is 0 Å². The molecule has 188 valence electrons. The van der Waals surface area contributed by atoms with Gasteiger partial charge in [-0.3, -0.25) is 14.6 Å².